The molecule has 0 spiro atoms. The Bertz CT molecular complexity index is 709. The molecule has 3 N–H and O–H groups in total. The summed E-state index contributed by atoms with van der Waals surface area (Å²) in [5.74, 6) is 0.983. The Kier molecular flexibility index (Phi) is 6.51. The number of anilines is 3. The molecule has 0 fully saturated rings. The minimum atomic E-state index is -0.112. The number of pyridine rings is 1. The van der Waals surface area contributed by atoms with Crippen molar-refractivity contribution in [2.24, 2.45) is 5.92 Å². The number of carbonyl (C=O) groups is 2. The third kappa shape index (κ3) is 6.25. The molecule has 2 aromatic rings. The van der Waals surface area contributed by atoms with E-state index in [2.05, 4.69) is 34.8 Å². The van der Waals surface area contributed by atoms with E-state index in [4.69, 9.17) is 0 Å². The lowest BCUT2D eigenvalue weighted by Crippen LogP contribution is -2.25. The fourth-order valence-corrected chi connectivity index (χ4v) is 2.17. The molecular formula is C19H24N4O2. The lowest BCUT2D eigenvalue weighted by molar-refractivity contribution is -0.114. The van der Waals surface area contributed by atoms with E-state index < -0.39 is 0 Å². The van der Waals surface area contributed by atoms with Gasteiger partial charge in [-0.25, -0.2) is 4.98 Å². The van der Waals surface area contributed by atoms with Gasteiger partial charge in [0.05, 0.1) is 5.56 Å². The zero-order chi connectivity index (χ0) is 18.2. The molecule has 2 rings (SSSR count). The smallest absolute Gasteiger partial charge is 0.252 e. The fourth-order valence-electron chi connectivity index (χ4n) is 2.17. The summed E-state index contributed by atoms with van der Waals surface area (Å²) in [7, 11) is 0. The number of benzene rings is 1. The van der Waals surface area contributed by atoms with Gasteiger partial charge >= 0.3 is 0 Å². The van der Waals surface area contributed by atoms with Crippen LogP contribution in [0.15, 0.2) is 42.6 Å². The highest BCUT2D eigenvalue weighted by atomic mass is 16.2. The molecule has 132 valence electrons. The van der Waals surface area contributed by atoms with E-state index in [-0.39, 0.29) is 11.8 Å². The number of hydrogen-bond acceptors (Lipinski definition) is 4. The number of carbonyl (C=O) groups excluding carboxylic acids is 2. The quantitative estimate of drug-likeness (QED) is 0.720. The molecule has 0 bridgehead atoms. The van der Waals surface area contributed by atoms with Gasteiger partial charge in [-0.15, -0.1) is 0 Å². The number of nitrogens with one attached hydrogen (secondary N) is 3. The molecule has 2 amide bonds. The minimum absolute atomic E-state index is 0.107. The summed E-state index contributed by atoms with van der Waals surface area (Å²) in [6, 6.07) is 10.8. The average Bonchev–Trinajstić information content (AvgIpc) is 2.56. The van der Waals surface area contributed by atoms with Crippen molar-refractivity contribution >= 4 is 29.0 Å². The standard InChI is InChI=1S/C19H24N4O2/c1-13(2)10-11-20-19(25)15-4-9-18(21-12-15)23-17-7-5-16(6-8-17)22-14(3)24/h4-9,12-13H,10-11H2,1-3H3,(H,20,25)(H,21,23)(H,22,24). The summed E-state index contributed by atoms with van der Waals surface area (Å²) < 4.78 is 0. The van der Waals surface area contributed by atoms with Crippen LogP contribution in [0.1, 0.15) is 37.6 Å². The van der Waals surface area contributed by atoms with Crippen molar-refractivity contribution in [3.63, 3.8) is 0 Å². The summed E-state index contributed by atoms with van der Waals surface area (Å²) in [5, 5.41) is 8.75. The van der Waals surface area contributed by atoms with Gasteiger partial charge in [0.15, 0.2) is 0 Å². The molecule has 0 saturated carbocycles. The van der Waals surface area contributed by atoms with Gasteiger partial charge in [-0.05, 0) is 48.7 Å². The van der Waals surface area contributed by atoms with Crippen molar-refractivity contribution in [2.75, 3.05) is 17.2 Å². The average molecular weight is 340 g/mol. The molecular weight excluding hydrogens is 316 g/mol. The van der Waals surface area contributed by atoms with Gasteiger partial charge in [-0.1, -0.05) is 13.8 Å². The van der Waals surface area contributed by atoms with Crippen LogP contribution in [0.4, 0.5) is 17.2 Å². The molecule has 0 unspecified atom stereocenters. The zero-order valence-electron chi connectivity index (χ0n) is 14.8. The van der Waals surface area contributed by atoms with E-state index >= 15 is 0 Å². The van der Waals surface area contributed by atoms with Crippen LogP contribution < -0.4 is 16.0 Å². The molecule has 1 aromatic heterocycles. The van der Waals surface area contributed by atoms with Crippen LogP contribution in [-0.2, 0) is 4.79 Å². The molecule has 0 radical (unpaired) electrons. The third-order valence-electron chi connectivity index (χ3n) is 3.51. The Morgan fingerprint density at radius 2 is 1.72 bits per heavy atom. The van der Waals surface area contributed by atoms with Crippen molar-refractivity contribution in [3.8, 4) is 0 Å². The van der Waals surface area contributed by atoms with Crippen LogP contribution in [0.3, 0.4) is 0 Å². The van der Waals surface area contributed by atoms with Gasteiger partial charge in [0.1, 0.15) is 5.82 Å². The fraction of sp³-hybridized carbons (Fsp3) is 0.316. The maximum atomic E-state index is 12.0. The van der Waals surface area contributed by atoms with E-state index in [1.807, 2.05) is 12.1 Å². The van der Waals surface area contributed by atoms with Gasteiger partial charge < -0.3 is 16.0 Å². The molecule has 0 atom stereocenters. The van der Waals surface area contributed by atoms with Crippen LogP contribution in [0.5, 0.6) is 0 Å². The van der Waals surface area contributed by atoms with Crippen LogP contribution in [0.25, 0.3) is 0 Å². The van der Waals surface area contributed by atoms with Crippen molar-refractivity contribution in [3.05, 3.63) is 48.2 Å². The first kappa shape index (κ1) is 18.4. The van der Waals surface area contributed by atoms with Gasteiger partial charge in [0.2, 0.25) is 5.91 Å². The van der Waals surface area contributed by atoms with Crippen LogP contribution >= 0.6 is 0 Å². The van der Waals surface area contributed by atoms with Gasteiger partial charge in [0.25, 0.3) is 5.91 Å². The first-order chi connectivity index (χ1) is 11.9. The summed E-state index contributed by atoms with van der Waals surface area (Å²) in [5.41, 5.74) is 2.12. The van der Waals surface area contributed by atoms with E-state index in [1.165, 1.54) is 6.92 Å². The Hall–Kier alpha value is -2.89. The topological polar surface area (TPSA) is 83.1 Å². The molecule has 0 saturated heterocycles. The minimum Gasteiger partial charge on any atom is -0.352 e. The number of aromatic nitrogens is 1. The number of hydrogen-bond donors (Lipinski definition) is 3. The second-order valence-electron chi connectivity index (χ2n) is 6.25. The normalized spacial score (nSPS) is 10.4. The Morgan fingerprint density at radius 3 is 2.28 bits per heavy atom. The van der Waals surface area contributed by atoms with Crippen LogP contribution in [-0.4, -0.2) is 23.3 Å². The lowest BCUT2D eigenvalue weighted by atomic mass is 10.1. The SMILES string of the molecule is CC(=O)Nc1ccc(Nc2ccc(C(=O)NCCC(C)C)cn2)cc1. The highest BCUT2D eigenvalue weighted by Crippen LogP contribution is 2.17. The van der Waals surface area contributed by atoms with Crippen LogP contribution in [0, 0.1) is 5.92 Å². The maximum Gasteiger partial charge on any atom is 0.252 e. The summed E-state index contributed by atoms with van der Waals surface area (Å²) in [6.07, 6.45) is 2.51. The largest absolute Gasteiger partial charge is 0.352 e. The van der Waals surface area contributed by atoms with E-state index in [1.54, 1.807) is 30.5 Å². The number of amides is 2. The second-order valence-corrected chi connectivity index (χ2v) is 6.25. The Balaban J connectivity index is 1.91. The Morgan fingerprint density at radius 1 is 1.04 bits per heavy atom. The highest BCUT2D eigenvalue weighted by molar-refractivity contribution is 5.94. The van der Waals surface area contributed by atoms with Crippen molar-refractivity contribution in [1.82, 2.24) is 10.3 Å². The number of nitrogens with zero attached hydrogens (tertiary/aromatic N) is 1. The number of rotatable bonds is 7. The molecule has 6 heteroatoms. The molecule has 0 aliphatic heterocycles. The molecule has 1 heterocycles. The van der Waals surface area contributed by atoms with E-state index in [0.717, 1.165) is 17.8 Å². The highest BCUT2D eigenvalue weighted by Gasteiger charge is 2.06. The zero-order valence-corrected chi connectivity index (χ0v) is 14.8. The molecule has 0 aliphatic rings. The van der Waals surface area contributed by atoms with Crippen molar-refractivity contribution in [1.29, 1.82) is 0 Å². The summed E-state index contributed by atoms with van der Waals surface area (Å²) >= 11 is 0. The predicted octanol–water partition coefficient (Wildman–Crippen LogP) is 3.56. The molecule has 25 heavy (non-hydrogen) atoms. The third-order valence-corrected chi connectivity index (χ3v) is 3.51. The molecule has 6 nitrogen and oxygen atoms in total. The second kappa shape index (κ2) is 8.82. The van der Waals surface area contributed by atoms with E-state index in [0.29, 0.717) is 23.8 Å². The summed E-state index contributed by atoms with van der Waals surface area (Å²) in [6.45, 7) is 6.38. The Labute approximate surface area is 148 Å². The van der Waals surface area contributed by atoms with Crippen molar-refractivity contribution < 1.29 is 9.59 Å². The monoisotopic (exact) mass is 340 g/mol. The van der Waals surface area contributed by atoms with Gasteiger partial charge in [-0.2, -0.15) is 0 Å². The predicted molar refractivity (Wildman–Crippen MR) is 100 cm³/mol. The maximum absolute atomic E-state index is 12.0. The first-order valence-electron chi connectivity index (χ1n) is 8.33. The van der Waals surface area contributed by atoms with Crippen molar-refractivity contribution in [2.45, 2.75) is 27.2 Å². The lowest BCUT2D eigenvalue weighted by Gasteiger charge is -2.09. The molecule has 0 aliphatic carbocycles. The van der Waals surface area contributed by atoms with Gasteiger partial charge in [0, 0.05) is 31.0 Å². The van der Waals surface area contributed by atoms with E-state index in [9.17, 15) is 9.59 Å². The first-order valence-corrected chi connectivity index (χ1v) is 8.33. The summed E-state index contributed by atoms with van der Waals surface area (Å²) in [4.78, 5) is 27.3. The van der Waals surface area contributed by atoms with Gasteiger partial charge in [-0.3, -0.25) is 9.59 Å². The van der Waals surface area contributed by atoms with Crippen LogP contribution in [0.2, 0.25) is 0 Å². The molecule has 1 aromatic carbocycles.